The van der Waals surface area contributed by atoms with E-state index in [1.165, 1.54) is 0 Å². The first-order valence-electron chi connectivity index (χ1n) is 6.11. The smallest absolute Gasteiger partial charge is 0.312 e. The molecule has 0 saturated heterocycles. The number of nitrogens with one attached hydrogen (secondary N) is 1. The van der Waals surface area contributed by atoms with E-state index >= 15 is 0 Å². The van der Waals surface area contributed by atoms with E-state index < -0.39 is 11.9 Å². The van der Waals surface area contributed by atoms with E-state index in [1.54, 1.807) is 24.3 Å². The van der Waals surface area contributed by atoms with Crippen molar-refractivity contribution in [1.29, 1.82) is 0 Å². The van der Waals surface area contributed by atoms with Crippen molar-refractivity contribution < 1.29 is 14.7 Å². The molecule has 1 rings (SSSR count). The molecule has 0 radical (unpaired) electrons. The molecule has 0 fully saturated rings. The molecule has 1 aromatic rings. The maximum atomic E-state index is 11.6. The second-order valence-electron chi connectivity index (χ2n) is 4.36. The number of benzene rings is 1. The number of carboxylic acid groups (broad SMARTS) is 1. The van der Waals surface area contributed by atoms with E-state index in [4.69, 9.17) is 0 Å². The zero-order chi connectivity index (χ0) is 13.5. The van der Waals surface area contributed by atoms with Crippen molar-refractivity contribution in [3.8, 4) is 0 Å². The molecular weight excluding hydrogens is 230 g/mol. The standard InChI is InChI=1S/C14H19NO3/c1-3-10(2)13(16)15-9-12(14(17)18)11-7-5-4-6-8-11/h4-8,10,12H,3,9H2,1-2H3,(H,15,16)(H,17,18). The van der Waals surface area contributed by atoms with Crippen molar-refractivity contribution >= 4 is 11.9 Å². The number of rotatable bonds is 6. The minimum Gasteiger partial charge on any atom is -0.481 e. The molecular formula is C14H19NO3. The Hall–Kier alpha value is -1.84. The minimum absolute atomic E-state index is 0.0878. The lowest BCUT2D eigenvalue weighted by molar-refractivity contribution is -0.138. The summed E-state index contributed by atoms with van der Waals surface area (Å²) in [4.78, 5) is 22.8. The molecule has 18 heavy (non-hydrogen) atoms. The lowest BCUT2D eigenvalue weighted by Gasteiger charge is -2.15. The summed E-state index contributed by atoms with van der Waals surface area (Å²) in [7, 11) is 0. The third kappa shape index (κ3) is 3.87. The maximum Gasteiger partial charge on any atom is 0.312 e. The number of amides is 1. The highest BCUT2D eigenvalue weighted by Crippen LogP contribution is 2.15. The maximum absolute atomic E-state index is 11.6. The molecule has 0 aliphatic carbocycles. The van der Waals surface area contributed by atoms with Crippen molar-refractivity contribution in [2.45, 2.75) is 26.2 Å². The topological polar surface area (TPSA) is 66.4 Å². The largest absolute Gasteiger partial charge is 0.481 e. The van der Waals surface area contributed by atoms with Crippen LogP contribution in [0.3, 0.4) is 0 Å². The molecule has 0 aliphatic heterocycles. The van der Waals surface area contributed by atoms with Gasteiger partial charge in [0.25, 0.3) is 0 Å². The summed E-state index contributed by atoms with van der Waals surface area (Å²) in [5.41, 5.74) is 0.703. The Labute approximate surface area is 107 Å². The van der Waals surface area contributed by atoms with Gasteiger partial charge in [-0.25, -0.2) is 0 Å². The van der Waals surface area contributed by atoms with Crippen LogP contribution in [0.1, 0.15) is 31.7 Å². The van der Waals surface area contributed by atoms with E-state index in [1.807, 2.05) is 19.9 Å². The molecule has 98 valence electrons. The van der Waals surface area contributed by atoms with E-state index in [9.17, 15) is 14.7 Å². The second kappa shape index (κ2) is 6.79. The zero-order valence-electron chi connectivity index (χ0n) is 10.7. The molecule has 0 heterocycles. The highest BCUT2D eigenvalue weighted by molar-refractivity contribution is 5.80. The minimum atomic E-state index is -0.925. The SMILES string of the molecule is CCC(C)C(=O)NCC(C(=O)O)c1ccccc1. The molecule has 0 aromatic heterocycles. The van der Waals surface area contributed by atoms with E-state index in [-0.39, 0.29) is 18.4 Å². The fraction of sp³-hybridized carbons (Fsp3) is 0.429. The Morgan fingerprint density at radius 1 is 1.28 bits per heavy atom. The third-order valence-corrected chi connectivity index (χ3v) is 3.04. The van der Waals surface area contributed by atoms with Crippen LogP contribution < -0.4 is 5.32 Å². The normalized spacial score (nSPS) is 13.7. The number of carbonyl (C=O) groups is 2. The average Bonchev–Trinajstić information content (AvgIpc) is 2.38. The third-order valence-electron chi connectivity index (χ3n) is 3.04. The first-order valence-corrected chi connectivity index (χ1v) is 6.11. The number of aliphatic carboxylic acids is 1. The van der Waals surface area contributed by atoms with Crippen LogP contribution in [0.15, 0.2) is 30.3 Å². The van der Waals surface area contributed by atoms with Gasteiger partial charge in [-0.2, -0.15) is 0 Å². The van der Waals surface area contributed by atoms with Gasteiger partial charge < -0.3 is 10.4 Å². The molecule has 2 atom stereocenters. The Morgan fingerprint density at radius 3 is 2.39 bits per heavy atom. The molecule has 1 amide bonds. The van der Waals surface area contributed by atoms with Gasteiger partial charge in [-0.05, 0) is 12.0 Å². The van der Waals surface area contributed by atoms with Crippen LogP contribution in [0.5, 0.6) is 0 Å². The summed E-state index contributed by atoms with van der Waals surface area (Å²) in [6, 6.07) is 8.94. The van der Waals surface area contributed by atoms with Gasteiger partial charge in [0.15, 0.2) is 0 Å². The van der Waals surface area contributed by atoms with Gasteiger partial charge in [0.2, 0.25) is 5.91 Å². The van der Waals surface area contributed by atoms with E-state index in [0.29, 0.717) is 5.56 Å². The van der Waals surface area contributed by atoms with Gasteiger partial charge in [-0.1, -0.05) is 44.2 Å². The van der Waals surface area contributed by atoms with Gasteiger partial charge in [0.05, 0.1) is 5.92 Å². The Morgan fingerprint density at radius 2 is 1.89 bits per heavy atom. The predicted molar refractivity (Wildman–Crippen MR) is 69.3 cm³/mol. The Kier molecular flexibility index (Phi) is 5.36. The Balaban J connectivity index is 2.66. The van der Waals surface area contributed by atoms with Crippen LogP contribution in [0.2, 0.25) is 0 Å². The lowest BCUT2D eigenvalue weighted by atomic mass is 9.99. The highest BCUT2D eigenvalue weighted by atomic mass is 16.4. The Bertz CT molecular complexity index is 403. The van der Waals surface area contributed by atoms with Crippen LogP contribution >= 0.6 is 0 Å². The molecule has 0 bridgehead atoms. The molecule has 0 saturated carbocycles. The van der Waals surface area contributed by atoms with Crippen LogP contribution in [-0.4, -0.2) is 23.5 Å². The average molecular weight is 249 g/mol. The summed E-state index contributed by atoms with van der Waals surface area (Å²) in [5, 5.41) is 11.9. The monoisotopic (exact) mass is 249 g/mol. The number of carbonyl (C=O) groups excluding carboxylic acids is 1. The first kappa shape index (κ1) is 14.2. The van der Waals surface area contributed by atoms with Crippen LogP contribution in [0.25, 0.3) is 0 Å². The summed E-state index contributed by atoms with van der Waals surface area (Å²) in [6.45, 7) is 3.88. The van der Waals surface area contributed by atoms with Gasteiger partial charge in [0.1, 0.15) is 0 Å². The highest BCUT2D eigenvalue weighted by Gasteiger charge is 2.21. The van der Waals surface area contributed by atoms with Gasteiger partial charge in [0, 0.05) is 12.5 Å². The molecule has 2 unspecified atom stereocenters. The van der Waals surface area contributed by atoms with Crippen molar-refractivity contribution in [1.82, 2.24) is 5.32 Å². The van der Waals surface area contributed by atoms with Crippen molar-refractivity contribution in [3.63, 3.8) is 0 Å². The number of hydrogen-bond acceptors (Lipinski definition) is 2. The zero-order valence-corrected chi connectivity index (χ0v) is 10.7. The number of hydrogen-bond donors (Lipinski definition) is 2. The van der Waals surface area contributed by atoms with Crippen LogP contribution in [0, 0.1) is 5.92 Å². The molecule has 4 nitrogen and oxygen atoms in total. The number of carboxylic acids is 1. The van der Waals surface area contributed by atoms with Crippen LogP contribution in [-0.2, 0) is 9.59 Å². The first-order chi connectivity index (χ1) is 8.56. The summed E-state index contributed by atoms with van der Waals surface area (Å²) < 4.78 is 0. The second-order valence-corrected chi connectivity index (χ2v) is 4.36. The van der Waals surface area contributed by atoms with Gasteiger partial charge in [-0.3, -0.25) is 9.59 Å². The fourth-order valence-corrected chi connectivity index (χ4v) is 1.60. The molecule has 4 heteroatoms. The molecule has 2 N–H and O–H groups in total. The van der Waals surface area contributed by atoms with Gasteiger partial charge >= 0.3 is 5.97 Å². The molecule has 0 spiro atoms. The van der Waals surface area contributed by atoms with Crippen molar-refractivity contribution in [2.24, 2.45) is 5.92 Å². The summed E-state index contributed by atoms with van der Waals surface area (Å²) in [6.07, 6.45) is 0.745. The summed E-state index contributed by atoms with van der Waals surface area (Å²) >= 11 is 0. The van der Waals surface area contributed by atoms with Crippen LogP contribution in [0.4, 0.5) is 0 Å². The van der Waals surface area contributed by atoms with E-state index in [2.05, 4.69) is 5.32 Å². The quantitative estimate of drug-likeness (QED) is 0.810. The van der Waals surface area contributed by atoms with Gasteiger partial charge in [-0.15, -0.1) is 0 Å². The van der Waals surface area contributed by atoms with Crippen molar-refractivity contribution in [2.75, 3.05) is 6.54 Å². The molecule has 1 aromatic carbocycles. The predicted octanol–water partition coefficient (Wildman–Crippen LogP) is 2.02. The molecule has 0 aliphatic rings. The lowest BCUT2D eigenvalue weighted by Crippen LogP contribution is -2.34. The summed E-state index contributed by atoms with van der Waals surface area (Å²) in [5.74, 6) is -1.81. The van der Waals surface area contributed by atoms with Crippen molar-refractivity contribution in [3.05, 3.63) is 35.9 Å². The van der Waals surface area contributed by atoms with E-state index in [0.717, 1.165) is 6.42 Å². The fourth-order valence-electron chi connectivity index (χ4n) is 1.60.